The zero-order valence-corrected chi connectivity index (χ0v) is 15.5. The molecule has 2 aliphatic rings. The van der Waals surface area contributed by atoms with Crippen molar-refractivity contribution in [1.82, 2.24) is 25.0 Å². The average Bonchev–Trinajstić information content (AvgIpc) is 3.12. The van der Waals surface area contributed by atoms with E-state index in [1.165, 1.54) is 11.3 Å². The van der Waals surface area contributed by atoms with E-state index in [0.717, 1.165) is 30.7 Å². The Balaban J connectivity index is 1.38. The molecule has 138 valence electrons. The van der Waals surface area contributed by atoms with Gasteiger partial charge in [0.05, 0.1) is 36.7 Å². The SMILES string of the molecule is Cc1nc(N)sc1C(=O)NCc1cc2n(n1)CCN(C(=O)C1CCC1)C2. The van der Waals surface area contributed by atoms with Gasteiger partial charge in [0.25, 0.3) is 5.91 Å². The van der Waals surface area contributed by atoms with Crippen molar-refractivity contribution in [2.24, 2.45) is 5.92 Å². The lowest BCUT2D eigenvalue weighted by Crippen LogP contribution is -2.43. The highest BCUT2D eigenvalue weighted by Gasteiger charge is 2.31. The lowest BCUT2D eigenvalue weighted by Gasteiger charge is -2.34. The number of aromatic nitrogens is 3. The van der Waals surface area contributed by atoms with Gasteiger partial charge in [0.15, 0.2) is 5.13 Å². The molecule has 1 aliphatic carbocycles. The fourth-order valence-electron chi connectivity index (χ4n) is 3.39. The normalized spacial score (nSPS) is 16.9. The third-order valence-electron chi connectivity index (χ3n) is 5.06. The summed E-state index contributed by atoms with van der Waals surface area (Å²) in [4.78, 5) is 31.2. The molecular weight excluding hydrogens is 352 g/mol. The summed E-state index contributed by atoms with van der Waals surface area (Å²) in [5, 5.41) is 7.80. The van der Waals surface area contributed by atoms with Crippen molar-refractivity contribution in [1.29, 1.82) is 0 Å². The van der Waals surface area contributed by atoms with Gasteiger partial charge < -0.3 is 16.0 Å². The summed E-state index contributed by atoms with van der Waals surface area (Å²) in [5.41, 5.74) is 8.09. The standard InChI is InChI=1S/C17H22N6O2S/c1-10-14(26-17(18)20-10)15(24)19-8-12-7-13-9-22(5-6-23(13)21-12)16(25)11-3-2-4-11/h7,11H,2-6,8-9H2,1H3,(H2,18,20)(H,19,24). The molecule has 2 aromatic heterocycles. The van der Waals surface area contributed by atoms with Crippen LogP contribution in [0.25, 0.3) is 0 Å². The first-order valence-corrected chi connectivity index (χ1v) is 9.68. The molecule has 1 saturated carbocycles. The van der Waals surface area contributed by atoms with Crippen molar-refractivity contribution in [2.45, 2.75) is 45.8 Å². The minimum atomic E-state index is -0.190. The highest BCUT2D eigenvalue weighted by atomic mass is 32.1. The van der Waals surface area contributed by atoms with Gasteiger partial charge in [0, 0.05) is 12.5 Å². The van der Waals surface area contributed by atoms with E-state index in [0.29, 0.717) is 41.9 Å². The molecule has 26 heavy (non-hydrogen) atoms. The molecule has 0 atom stereocenters. The number of carbonyl (C=O) groups is 2. The number of rotatable bonds is 4. The molecule has 3 N–H and O–H groups in total. The smallest absolute Gasteiger partial charge is 0.263 e. The van der Waals surface area contributed by atoms with E-state index < -0.39 is 0 Å². The molecule has 0 bridgehead atoms. The number of nitrogens with zero attached hydrogens (tertiary/aromatic N) is 4. The van der Waals surface area contributed by atoms with Gasteiger partial charge in [-0.3, -0.25) is 14.3 Å². The van der Waals surface area contributed by atoms with Crippen molar-refractivity contribution in [3.05, 3.63) is 28.0 Å². The molecule has 0 spiro atoms. The van der Waals surface area contributed by atoms with E-state index in [9.17, 15) is 9.59 Å². The summed E-state index contributed by atoms with van der Waals surface area (Å²) in [6.07, 6.45) is 3.21. The maximum atomic E-state index is 12.4. The van der Waals surface area contributed by atoms with Crippen molar-refractivity contribution in [3.63, 3.8) is 0 Å². The summed E-state index contributed by atoms with van der Waals surface area (Å²) >= 11 is 1.18. The van der Waals surface area contributed by atoms with Crippen molar-refractivity contribution in [3.8, 4) is 0 Å². The number of nitrogens with two attached hydrogens (primary N) is 1. The Morgan fingerprint density at radius 2 is 2.19 bits per heavy atom. The number of amides is 2. The lowest BCUT2D eigenvalue weighted by molar-refractivity contribution is -0.139. The molecule has 9 heteroatoms. The number of carbonyl (C=O) groups excluding carboxylic acids is 2. The van der Waals surface area contributed by atoms with E-state index >= 15 is 0 Å². The highest BCUT2D eigenvalue weighted by molar-refractivity contribution is 7.17. The van der Waals surface area contributed by atoms with E-state index in [4.69, 9.17) is 5.73 Å². The fourth-order valence-corrected chi connectivity index (χ4v) is 4.14. The molecule has 8 nitrogen and oxygen atoms in total. The Morgan fingerprint density at radius 3 is 2.85 bits per heavy atom. The average molecular weight is 374 g/mol. The molecule has 0 radical (unpaired) electrons. The summed E-state index contributed by atoms with van der Waals surface area (Å²) in [5.74, 6) is 0.305. The van der Waals surface area contributed by atoms with E-state index in [1.54, 1.807) is 6.92 Å². The van der Waals surface area contributed by atoms with Gasteiger partial charge >= 0.3 is 0 Å². The van der Waals surface area contributed by atoms with Crippen LogP contribution in [0.1, 0.15) is 46.0 Å². The first-order chi connectivity index (χ1) is 12.5. The van der Waals surface area contributed by atoms with Crippen LogP contribution in [0.15, 0.2) is 6.07 Å². The van der Waals surface area contributed by atoms with Gasteiger partial charge in [-0.2, -0.15) is 5.10 Å². The molecule has 0 saturated heterocycles. The van der Waals surface area contributed by atoms with Crippen LogP contribution in [0.5, 0.6) is 0 Å². The van der Waals surface area contributed by atoms with E-state index in [2.05, 4.69) is 15.4 Å². The Hall–Kier alpha value is -2.42. The largest absolute Gasteiger partial charge is 0.375 e. The first kappa shape index (κ1) is 17.0. The second-order valence-corrected chi connectivity index (χ2v) is 7.92. The highest BCUT2D eigenvalue weighted by Crippen LogP contribution is 2.29. The number of thiazole rings is 1. The van der Waals surface area contributed by atoms with Crippen LogP contribution in [-0.4, -0.2) is 38.0 Å². The van der Waals surface area contributed by atoms with E-state index in [-0.39, 0.29) is 17.7 Å². The van der Waals surface area contributed by atoms with Gasteiger partial charge in [0.2, 0.25) is 5.91 Å². The third-order valence-corrected chi connectivity index (χ3v) is 6.05. The summed E-state index contributed by atoms with van der Waals surface area (Å²) < 4.78 is 1.93. The van der Waals surface area contributed by atoms with E-state index in [1.807, 2.05) is 15.6 Å². The van der Waals surface area contributed by atoms with Gasteiger partial charge in [-0.25, -0.2) is 4.98 Å². The number of hydrogen-bond acceptors (Lipinski definition) is 6. The zero-order chi connectivity index (χ0) is 18.3. The first-order valence-electron chi connectivity index (χ1n) is 8.87. The van der Waals surface area contributed by atoms with Crippen LogP contribution < -0.4 is 11.1 Å². The fraction of sp³-hybridized carbons (Fsp3) is 0.529. The molecule has 0 aromatic carbocycles. The molecule has 4 rings (SSSR count). The Morgan fingerprint density at radius 1 is 1.38 bits per heavy atom. The van der Waals surface area contributed by atoms with Crippen LogP contribution in [0, 0.1) is 12.8 Å². The number of hydrogen-bond donors (Lipinski definition) is 2. The lowest BCUT2D eigenvalue weighted by atomic mass is 9.84. The quantitative estimate of drug-likeness (QED) is 0.839. The Labute approximate surface area is 155 Å². The number of aryl methyl sites for hydroxylation is 1. The number of anilines is 1. The van der Waals surface area contributed by atoms with Gasteiger partial charge in [-0.15, -0.1) is 0 Å². The molecule has 2 amide bonds. The van der Waals surface area contributed by atoms with Gasteiger partial charge in [-0.1, -0.05) is 17.8 Å². The minimum Gasteiger partial charge on any atom is -0.375 e. The molecule has 0 unspecified atom stereocenters. The van der Waals surface area contributed by atoms with Crippen LogP contribution in [0.2, 0.25) is 0 Å². The van der Waals surface area contributed by atoms with Crippen LogP contribution in [-0.2, 0) is 24.4 Å². The molecule has 1 aliphatic heterocycles. The topological polar surface area (TPSA) is 106 Å². The monoisotopic (exact) mass is 374 g/mol. The maximum absolute atomic E-state index is 12.4. The minimum absolute atomic E-state index is 0.190. The Kier molecular flexibility index (Phi) is 4.39. The summed E-state index contributed by atoms with van der Waals surface area (Å²) in [6, 6.07) is 1.97. The predicted octanol–water partition coefficient (Wildman–Crippen LogP) is 1.30. The second kappa shape index (κ2) is 6.71. The second-order valence-electron chi connectivity index (χ2n) is 6.89. The maximum Gasteiger partial charge on any atom is 0.263 e. The van der Waals surface area contributed by atoms with Gasteiger partial charge in [0.1, 0.15) is 4.88 Å². The van der Waals surface area contributed by atoms with Crippen molar-refractivity contribution < 1.29 is 9.59 Å². The van der Waals surface area contributed by atoms with Crippen molar-refractivity contribution in [2.75, 3.05) is 12.3 Å². The predicted molar refractivity (Wildman–Crippen MR) is 97.4 cm³/mol. The van der Waals surface area contributed by atoms with Crippen LogP contribution in [0.4, 0.5) is 5.13 Å². The van der Waals surface area contributed by atoms with Crippen molar-refractivity contribution >= 4 is 28.3 Å². The summed E-state index contributed by atoms with van der Waals surface area (Å²) in [7, 11) is 0. The van der Waals surface area contributed by atoms with Crippen LogP contribution in [0.3, 0.4) is 0 Å². The molecule has 1 fully saturated rings. The Bertz CT molecular complexity index is 854. The zero-order valence-electron chi connectivity index (χ0n) is 14.7. The van der Waals surface area contributed by atoms with Gasteiger partial charge in [-0.05, 0) is 25.8 Å². The van der Waals surface area contributed by atoms with Crippen LogP contribution >= 0.6 is 11.3 Å². The molecule has 2 aromatic rings. The number of nitrogens with one attached hydrogen (secondary N) is 1. The third kappa shape index (κ3) is 3.18. The molecule has 3 heterocycles. The number of nitrogen functional groups attached to an aromatic ring is 1. The number of fused-ring (bicyclic) bond motifs is 1. The summed E-state index contributed by atoms with van der Waals surface area (Å²) in [6.45, 7) is 4.11. The molecular formula is C17H22N6O2S.